The van der Waals surface area contributed by atoms with Gasteiger partial charge in [-0.05, 0) is 44.0 Å². The minimum absolute atomic E-state index is 0.234. The first-order valence-corrected chi connectivity index (χ1v) is 6.97. The lowest BCUT2D eigenvalue weighted by atomic mass is 9.73. The van der Waals surface area contributed by atoms with Crippen LogP contribution in [0.4, 0.5) is 5.69 Å². The standard InChI is InChI=1S/C15H18N2O/c18-14-15(11-5-1-2-6-12(11)16-14)8-10-17-9-4-3-7-13(15)17/h1-2,5-6,13H,3-4,7-10H2,(H,16,18). The maximum atomic E-state index is 12.6. The first kappa shape index (κ1) is 10.6. The number of nitrogens with one attached hydrogen (secondary N) is 1. The van der Waals surface area contributed by atoms with Gasteiger partial charge in [-0.25, -0.2) is 0 Å². The van der Waals surface area contributed by atoms with Crippen molar-refractivity contribution in [2.24, 2.45) is 0 Å². The molecule has 3 aliphatic rings. The summed E-state index contributed by atoms with van der Waals surface area (Å²) in [6.07, 6.45) is 4.70. The second kappa shape index (κ2) is 3.58. The zero-order chi connectivity index (χ0) is 12.2. The van der Waals surface area contributed by atoms with Crippen LogP contribution in [-0.4, -0.2) is 29.9 Å². The lowest BCUT2D eigenvalue weighted by molar-refractivity contribution is -0.122. The molecule has 2 fully saturated rings. The number of piperidine rings is 1. The first-order valence-electron chi connectivity index (χ1n) is 6.97. The van der Waals surface area contributed by atoms with Crippen molar-refractivity contribution in [1.82, 2.24) is 4.90 Å². The predicted octanol–water partition coefficient (Wildman–Crippen LogP) is 2.13. The van der Waals surface area contributed by atoms with Crippen molar-refractivity contribution in [1.29, 1.82) is 0 Å². The van der Waals surface area contributed by atoms with Crippen LogP contribution >= 0.6 is 0 Å². The zero-order valence-corrected chi connectivity index (χ0v) is 10.5. The number of hydrogen-bond donors (Lipinski definition) is 1. The number of fused-ring (bicyclic) bond motifs is 4. The Hall–Kier alpha value is -1.35. The fourth-order valence-electron chi connectivity index (χ4n) is 4.22. The van der Waals surface area contributed by atoms with Gasteiger partial charge < -0.3 is 5.32 Å². The molecule has 1 aromatic carbocycles. The molecule has 94 valence electrons. The molecule has 0 bridgehead atoms. The molecule has 0 aromatic heterocycles. The molecule has 3 nitrogen and oxygen atoms in total. The summed E-state index contributed by atoms with van der Waals surface area (Å²) in [6.45, 7) is 2.24. The van der Waals surface area contributed by atoms with Crippen molar-refractivity contribution >= 4 is 11.6 Å². The first-order chi connectivity index (χ1) is 8.82. The Balaban J connectivity index is 1.85. The highest BCUT2D eigenvalue weighted by molar-refractivity contribution is 6.07. The second-order valence-corrected chi connectivity index (χ2v) is 5.77. The Morgan fingerprint density at radius 1 is 1.22 bits per heavy atom. The van der Waals surface area contributed by atoms with Gasteiger partial charge in [-0.15, -0.1) is 0 Å². The summed E-state index contributed by atoms with van der Waals surface area (Å²) < 4.78 is 0. The van der Waals surface area contributed by atoms with E-state index in [9.17, 15) is 4.79 Å². The Kier molecular flexibility index (Phi) is 2.10. The fourth-order valence-corrected chi connectivity index (χ4v) is 4.22. The third-order valence-electron chi connectivity index (χ3n) is 5.04. The van der Waals surface area contributed by atoms with E-state index in [2.05, 4.69) is 22.3 Å². The van der Waals surface area contributed by atoms with Crippen molar-refractivity contribution in [3.63, 3.8) is 0 Å². The van der Waals surface area contributed by atoms with E-state index in [1.807, 2.05) is 12.1 Å². The van der Waals surface area contributed by atoms with Crippen LogP contribution in [0.2, 0.25) is 0 Å². The average Bonchev–Trinajstić information content (AvgIpc) is 2.92. The highest BCUT2D eigenvalue weighted by Gasteiger charge is 2.57. The second-order valence-electron chi connectivity index (χ2n) is 5.77. The molecular formula is C15H18N2O. The van der Waals surface area contributed by atoms with Crippen molar-refractivity contribution in [2.75, 3.05) is 18.4 Å². The molecule has 3 heterocycles. The lowest BCUT2D eigenvalue weighted by Gasteiger charge is -2.37. The average molecular weight is 242 g/mol. The minimum atomic E-state index is -0.253. The summed E-state index contributed by atoms with van der Waals surface area (Å²) in [4.78, 5) is 15.1. The van der Waals surface area contributed by atoms with Gasteiger partial charge in [0.05, 0.1) is 5.41 Å². The van der Waals surface area contributed by atoms with Crippen molar-refractivity contribution in [2.45, 2.75) is 37.1 Å². The summed E-state index contributed by atoms with van der Waals surface area (Å²) in [5.74, 6) is 0.234. The Morgan fingerprint density at radius 2 is 2.11 bits per heavy atom. The lowest BCUT2D eigenvalue weighted by Crippen LogP contribution is -2.48. The van der Waals surface area contributed by atoms with Crippen LogP contribution < -0.4 is 5.32 Å². The largest absolute Gasteiger partial charge is 0.325 e. The van der Waals surface area contributed by atoms with Gasteiger partial charge >= 0.3 is 0 Å². The van der Waals surface area contributed by atoms with E-state index in [1.165, 1.54) is 31.4 Å². The van der Waals surface area contributed by atoms with Gasteiger partial charge in [0.25, 0.3) is 0 Å². The number of carbonyl (C=O) groups excluding carboxylic acids is 1. The van der Waals surface area contributed by atoms with E-state index in [4.69, 9.17) is 0 Å². The number of carbonyl (C=O) groups is 1. The molecule has 0 radical (unpaired) electrons. The van der Waals surface area contributed by atoms with Gasteiger partial charge in [0.1, 0.15) is 0 Å². The number of benzene rings is 1. The van der Waals surface area contributed by atoms with Crippen molar-refractivity contribution in [3.8, 4) is 0 Å². The Bertz CT molecular complexity index is 513. The highest BCUT2D eigenvalue weighted by atomic mass is 16.2. The number of nitrogens with zero attached hydrogens (tertiary/aromatic N) is 1. The molecule has 18 heavy (non-hydrogen) atoms. The maximum absolute atomic E-state index is 12.6. The summed E-state index contributed by atoms with van der Waals surface area (Å²) in [5.41, 5.74) is 2.02. The molecule has 1 amide bonds. The van der Waals surface area contributed by atoms with Crippen LogP contribution in [0.3, 0.4) is 0 Å². The molecule has 2 unspecified atom stereocenters. The molecule has 1 aromatic rings. The molecule has 2 atom stereocenters. The number of para-hydroxylation sites is 1. The molecule has 1 N–H and O–H groups in total. The topological polar surface area (TPSA) is 32.3 Å². The summed E-state index contributed by atoms with van der Waals surface area (Å²) in [5, 5.41) is 3.10. The molecule has 2 saturated heterocycles. The molecule has 1 spiro atoms. The van der Waals surface area contributed by atoms with E-state index < -0.39 is 0 Å². The van der Waals surface area contributed by atoms with E-state index in [0.29, 0.717) is 6.04 Å². The SMILES string of the molecule is O=C1Nc2ccccc2C12CCN1CCCCC12. The normalized spacial score (nSPS) is 34.4. The summed E-state index contributed by atoms with van der Waals surface area (Å²) in [6, 6.07) is 8.67. The van der Waals surface area contributed by atoms with Crippen LogP contribution in [0.15, 0.2) is 24.3 Å². The predicted molar refractivity (Wildman–Crippen MR) is 70.6 cm³/mol. The van der Waals surface area contributed by atoms with Gasteiger partial charge in [-0.2, -0.15) is 0 Å². The van der Waals surface area contributed by atoms with Crippen LogP contribution in [0.25, 0.3) is 0 Å². The number of anilines is 1. The number of rotatable bonds is 0. The maximum Gasteiger partial charge on any atom is 0.236 e. The van der Waals surface area contributed by atoms with Gasteiger partial charge in [0.15, 0.2) is 0 Å². The Labute approximate surface area is 107 Å². The summed E-state index contributed by atoms with van der Waals surface area (Å²) >= 11 is 0. The fraction of sp³-hybridized carbons (Fsp3) is 0.533. The van der Waals surface area contributed by atoms with E-state index >= 15 is 0 Å². The molecule has 4 rings (SSSR count). The summed E-state index contributed by atoms with van der Waals surface area (Å²) in [7, 11) is 0. The highest BCUT2D eigenvalue weighted by Crippen LogP contribution is 2.50. The third kappa shape index (κ3) is 1.15. The monoisotopic (exact) mass is 242 g/mol. The van der Waals surface area contributed by atoms with Crippen LogP contribution in [0, 0.1) is 0 Å². The molecule has 3 heteroatoms. The number of amides is 1. The van der Waals surface area contributed by atoms with Gasteiger partial charge in [-0.3, -0.25) is 9.69 Å². The Morgan fingerprint density at radius 3 is 3.06 bits per heavy atom. The molecule has 0 saturated carbocycles. The van der Waals surface area contributed by atoms with Crippen molar-refractivity contribution < 1.29 is 4.79 Å². The zero-order valence-electron chi connectivity index (χ0n) is 10.5. The van der Waals surface area contributed by atoms with Crippen molar-refractivity contribution in [3.05, 3.63) is 29.8 Å². The van der Waals surface area contributed by atoms with Crippen LogP contribution in [0.1, 0.15) is 31.2 Å². The molecule has 3 aliphatic heterocycles. The van der Waals surface area contributed by atoms with Gasteiger partial charge in [0.2, 0.25) is 5.91 Å². The third-order valence-corrected chi connectivity index (χ3v) is 5.04. The number of hydrogen-bond acceptors (Lipinski definition) is 2. The smallest absolute Gasteiger partial charge is 0.236 e. The quantitative estimate of drug-likeness (QED) is 0.756. The van der Waals surface area contributed by atoms with Crippen LogP contribution in [0.5, 0.6) is 0 Å². The van der Waals surface area contributed by atoms with E-state index in [0.717, 1.165) is 18.7 Å². The molecule has 0 aliphatic carbocycles. The van der Waals surface area contributed by atoms with Gasteiger partial charge in [-0.1, -0.05) is 24.6 Å². The molecular weight excluding hydrogens is 224 g/mol. The van der Waals surface area contributed by atoms with Crippen LogP contribution in [-0.2, 0) is 10.2 Å². The van der Waals surface area contributed by atoms with E-state index in [1.54, 1.807) is 0 Å². The minimum Gasteiger partial charge on any atom is -0.325 e. The van der Waals surface area contributed by atoms with Gasteiger partial charge in [0, 0.05) is 11.7 Å². The van der Waals surface area contributed by atoms with E-state index in [-0.39, 0.29) is 11.3 Å².